The third-order valence-electron chi connectivity index (χ3n) is 4.61. The number of carbonyl (C=O) groups excluding carboxylic acids is 1. The molecular weight excluding hydrogens is 254 g/mol. The zero-order chi connectivity index (χ0) is 13.8. The lowest BCUT2D eigenvalue weighted by Crippen LogP contribution is -2.47. The molecule has 2 aliphatic heterocycles. The van der Waals surface area contributed by atoms with Gasteiger partial charge in [-0.05, 0) is 45.1 Å². The molecule has 2 saturated heterocycles. The minimum atomic E-state index is 0.196. The number of hydrogen-bond donors (Lipinski definition) is 2. The maximum atomic E-state index is 12.2. The Morgan fingerprint density at radius 3 is 2.65 bits per heavy atom. The van der Waals surface area contributed by atoms with E-state index in [0.29, 0.717) is 24.7 Å². The Morgan fingerprint density at radius 2 is 2.00 bits per heavy atom. The third-order valence-corrected chi connectivity index (χ3v) is 4.61. The molecule has 1 aliphatic carbocycles. The topological polar surface area (TPSA) is 53.6 Å². The van der Waals surface area contributed by atoms with Crippen LogP contribution in [0.15, 0.2) is 0 Å². The predicted octanol–water partition coefficient (Wildman–Crippen LogP) is 0.498. The number of rotatable bonds is 6. The number of hydrogen-bond acceptors (Lipinski definition) is 4. The number of carbonyl (C=O) groups is 1. The van der Waals surface area contributed by atoms with Gasteiger partial charge in [0.25, 0.3) is 0 Å². The van der Waals surface area contributed by atoms with E-state index in [9.17, 15) is 4.79 Å². The van der Waals surface area contributed by atoms with Gasteiger partial charge in [-0.3, -0.25) is 9.69 Å². The van der Waals surface area contributed by atoms with Crippen molar-refractivity contribution in [3.05, 3.63) is 0 Å². The van der Waals surface area contributed by atoms with Gasteiger partial charge in [0.1, 0.15) is 0 Å². The van der Waals surface area contributed by atoms with Crippen LogP contribution < -0.4 is 10.6 Å². The van der Waals surface area contributed by atoms with Crippen LogP contribution in [0.1, 0.15) is 38.5 Å². The molecule has 0 aromatic heterocycles. The van der Waals surface area contributed by atoms with Crippen molar-refractivity contribution in [3.8, 4) is 0 Å². The van der Waals surface area contributed by atoms with Crippen LogP contribution in [0.3, 0.4) is 0 Å². The van der Waals surface area contributed by atoms with Crippen LogP contribution in [-0.2, 0) is 9.53 Å². The van der Waals surface area contributed by atoms with Crippen LogP contribution in [0.4, 0.5) is 0 Å². The van der Waals surface area contributed by atoms with Gasteiger partial charge in [-0.25, -0.2) is 0 Å². The highest BCUT2D eigenvalue weighted by Gasteiger charge is 2.32. The van der Waals surface area contributed by atoms with Crippen molar-refractivity contribution in [2.24, 2.45) is 0 Å². The van der Waals surface area contributed by atoms with Gasteiger partial charge < -0.3 is 15.4 Å². The second-order valence-corrected chi connectivity index (χ2v) is 6.41. The molecule has 5 nitrogen and oxygen atoms in total. The fourth-order valence-electron chi connectivity index (χ4n) is 3.28. The Bertz CT molecular complexity index is 321. The first kappa shape index (κ1) is 14.3. The highest BCUT2D eigenvalue weighted by Crippen LogP contribution is 2.27. The molecule has 1 amide bonds. The quantitative estimate of drug-likeness (QED) is 0.744. The lowest BCUT2D eigenvalue weighted by molar-refractivity contribution is -0.123. The van der Waals surface area contributed by atoms with Crippen LogP contribution >= 0.6 is 0 Å². The summed E-state index contributed by atoms with van der Waals surface area (Å²) < 4.78 is 5.33. The fourth-order valence-corrected chi connectivity index (χ4v) is 3.28. The molecule has 0 radical (unpaired) electrons. The van der Waals surface area contributed by atoms with Crippen molar-refractivity contribution >= 4 is 5.91 Å². The third kappa shape index (κ3) is 4.17. The van der Waals surface area contributed by atoms with Gasteiger partial charge in [0.15, 0.2) is 0 Å². The van der Waals surface area contributed by atoms with E-state index in [2.05, 4.69) is 15.5 Å². The average Bonchev–Trinajstić information content (AvgIpc) is 3.18. The first-order chi connectivity index (χ1) is 9.81. The summed E-state index contributed by atoms with van der Waals surface area (Å²) in [6.07, 6.45) is 6.97. The van der Waals surface area contributed by atoms with Gasteiger partial charge in [0, 0.05) is 37.9 Å². The van der Waals surface area contributed by atoms with E-state index in [4.69, 9.17) is 4.74 Å². The molecule has 2 N–H and O–H groups in total. The highest BCUT2D eigenvalue weighted by atomic mass is 16.5. The maximum absolute atomic E-state index is 12.2. The van der Waals surface area contributed by atoms with Gasteiger partial charge in [-0.2, -0.15) is 0 Å². The van der Waals surface area contributed by atoms with Crippen LogP contribution in [0.5, 0.6) is 0 Å². The van der Waals surface area contributed by atoms with Gasteiger partial charge in [-0.1, -0.05) is 0 Å². The van der Waals surface area contributed by atoms with E-state index in [1.807, 2.05) is 0 Å². The minimum Gasteiger partial charge on any atom is -0.381 e. The van der Waals surface area contributed by atoms with E-state index in [-0.39, 0.29) is 5.91 Å². The molecule has 3 fully saturated rings. The molecule has 114 valence electrons. The lowest BCUT2D eigenvalue weighted by Gasteiger charge is -2.27. The van der Waals surface area contributed by atoms with E-state index in [0.717, 1.165) is 39.1 Å². The summed E-state index contributed by atoms with van der Waals surface area (Å²) in [5, 5.41) is 6.71. The standard InChI is InChI=1S/C15H27N3O2/c19-15(17-12-5-8-20-9-6-12)11-18(14-3-4-14)10-13-2-1-7-16-13/h12-14,16H,1-11H2,(H,17,19). The highest BCUT2D eigenvalue weighted by molar-refractivity contribution is 5.78. The first-order valence-electron chi connectivity index (χ1n) is 8.16. The van der Waals surface area contributed by atoms with E-state index >= 15 is 0 Å². The maximum Gasteiger partial charge on any atom is 0.234 e. The molecule has 3 rings (SSSR count). The molecule has 5 heteroatoms. The summed E-state index contributed by atoms with van der Waals surface area (Å²) in [6.45, 7) is 4.30. The SMILES string of the molecule is O=C(CN(CC1CCCN1)C1CC1)NC1CCOCC1. The second kappa shape index (κ2) is 6.87. The number of nitrogens with zero attached hydrogens (tertiary/aromatic N) is 1. The molecule has 20 heavy (non-hydrogen) atoms. The molecule has 1 atom stereocenters. The van der Waals surface area contributed by atoms with E-state index < -0.39 is 0 Å². The minimum absolute atomic E-state index is 0.196. The number of amides is 1. The number of nitrogens with one attached hydrogen (secondary N) is 2. The number of ether oxygens (including phenoxy) is 1. The summed E-state index contributed by atoms with van der Waals surface area (Å²) in [5.74, 6) is 0.196. The van der Waals surface area contributed by atoms with Crippen LogP contribution in [0.2, 0.25) is 0 Å². The molecule has 1 saturated carbocycles. The molecule has 0 spiro atoms. The Morgan fingerprint density at radius 1 is 1.20 bits per heavy atom. The fraction of sp³-hybridized carbons (Fsp3) is 0.933. The van der Waals surface area contributed by atoms with Crippen molar-refractivity contribution in [2.75, 3.05) is 32.8 Å². The summed E-state index contributed by atoms with van der Waals surface area (Å²) in [4.78, 5) is 14.6. The molecule has 3 aliphatic rings. The van der Waals surface area contributed by atoms with Crippen molar-refractivity contribution in [1.82, 2.24) is 15.5 Å². The van der Waals surface area contributed by atoms with Gasteiger partial charge in [0.05, 0.1) is 6.54 Å². The monoisotopic (exact) mass is 281 g/mol. The van der Waals surface area contributed by atoms with Gasteiger partial charge in [0.2, 0.25) is 5.91 Å². The van der Waals surface area contributed by atoms with Crippen LogP contribution in [-0.4, -0.2) is 61.8 Å². The zero-order valence-electron chi connectivity index (χ0n) is 12.3. The summed E-state index contributed by atoms with van der Waals surface area (Å²) in [5.41, 5.74) is 0. The predicted molar refractivity (Wildman–Crippen MR) is 77.6 cm³/mol. The molecular formula is C15H27N3O2. The van der Waals surface area contributed by atoms with Crippen molar-refractivity contribution in [2.45, 2.75) is 56.7 Å². The Kier molecular flexibility index (Phi) is 4.91. The lowest BCUT2D eigenvalue weighted by atomic mass is 10.1. The second-order valence-electron chi connectivity index (χ2n) is 6.41. The molecule has 0 aromatic rings. The molecule has 1 unspecified atom stereocenters. The van der Waals surface area contributed by atoms with Crippen LogP contribution in [0, 0.1) is 0 Å². The normalized spacial score (nSPS) is 27.9. The van der Waals surface area contributed by atoms with Crippen molar-refractivity contribution in [1.29, 1.82) is 0 Å². The Hall–Kier alpha value is -0.650. The van der Waals surface area contributed by atoms with E-state index in [1.54, 1.807) is 0 Å². The summed E-state index contributed by atoms with van der Waals surface area (Å²) >= 11 is 0. The van der Waals surface area contributed by atoms with E-state index in [1.165, 1.54) is 25.7 Å². The molecule has 2 heterocycles. The Labute approximate surface area is 121 Å². The summed E-state index contributed by atoms with van der Waals surface area (Å²) in [6, 6.07) is 1.56. The van der Waals surface area contributed by atoms with Crippen LogP contribution in [0.25, 0.3) is 0 Å². The smallest absolute Gasteiger partial charge is 0.234 e. The van der Waals surface area contributed by atoms with Crippen molar-refractivity contribution < 1.29 is 9.53 Å². The summed E-state index contributed by atoms with van der Waals surface area (Å²) in [7, 11) is 0. The largest absolute Gasteiger partial charge is 0.381 e. The average molecular weight is 281 g/mol. The van der Waals surface area contributed by atoms with Gasteiger partial charge in [-0.15, -0.1) is 0 Å². The Balaban J connectivity index is 1.44. The molecule has 0 bridgehead atoms. The van der Waals surface area contributed by atoms with Crippen molar-refractivity contribution in [3.63, 3.8) is 0 Å². The van der Waals surface area contributed by atoms with Gasteiger partial charge >= 0.3 is 0 Å². The molecule has 0 aromatic carbocycles. The first-order valence-corrected chi connectivity index (χ1v) is 8.16. The zero-order valence-corrected chi connectivity index (χ0v) is 12.3.